The van der Waals surface area contributed by atoms with Crippen molar-refractivity contribution < 1.29 is 0 Å². The van der Waals surface area contributed by atoms with Crippen LogP contribution in [0.1, 0.15) is 51.9 Å². The Bertz CT molecular complexity index is 592. The summed E-state index contributed by atoms with van der Waals surface area (Å²) >= 11 is 9.52. The van der Waals surface area contributed by atoms with Gasteiger partial charge in [0.15, 0.2) is 0 Å². The lowest BCUT2D eigenvalue weighted by molar-refractivity contribution is 0.445. The summed E-state index contributed by atoms with van der Waals surface area (Å²) < 4.78 is 3.48. The average Bonchev–Trinajstić information content (AvgIpc) is 2.76. The predicted octanol–water partition coefficient (Wildman–Crippen LogP) is 5.97. The van der Waals surface area contributed by atoms with E-state index in [0.717, 1.165) is 28.2 Å². The van der Waals surface area contributed by atoms with Gasteiger partial charge in [0.05, 0.1) is 11.0 Å². The Morgan fingerprint density at radius 3 is 2.67 bits per heavy atom. The summed E-state index contributed by atoms with van der Waals surface area (Å²) in [6.45, 7) is 6.86. The highest BCUT2D eigenvalue weighted by Gasteiger charge is 2.15. The Morgan fingerprint density at radius 2 is 2.00 bits per heavy atom. The molecule has 1 aromatic heterocycles. The van der Waals surface area contributed by atoms with E-state index >= 15 is 0 Å². The van der Waals surface area contributed by atoms with Gasteiger partial charge in [-0.15, -0.1) is 11.6 Å². The van der Waals surface area contributed by atoms with E-state index in [4.69, 9.17) is 16.6 Å². The van der Waals surface area contributed by atoms with Gasteiger partial charge in [0, 0.05) is 22.8 Å². The monoisotopic (exact) mass is 370 g/mol. The third-order valence-electron chi connectivity index (χ3n) is 3.89. The SMILES string of the molecule is CC(C)CCCC(C)n1c(CCCl)nc2ccc(Br)cc21. The Hall–Kier alpha value is -0.540. The second-order valence-corrected chi connectivity index (χ2v) is 7.44. The Morgan fingerprint density at radius 1 is 1.24 bits per heavy atom. The summed E-state index contributed by atoms with van der Waals surface area (Å²) in [5.74, 6) is 2.49. The highest BCUT2D eigenvalue weighted by Crippen LogP contribution is 2.27. The molecule has 0 N–H and O–H groups in total. The zero-order valence-electron chi connectivity index (χ0n) is 13.1. The number of halogens is 2. The van der Waals surface area contributed by atoms with E-state index in [1.807, 2.05) is 6.07 Å². The molecule has 21 heavy (non-hydrogen) atoms. The van der Waals surface area contributed by atoms with Gasteiger partial charge in [-0.2, -0.15) is 0 Å². The van der Waals surface area contributed by atoms with Crippen molar-refractivity contribution in [2.45, 2.75) is 52.5 Å². The summed E-state index contributed by atoms with van der Waals surface area (Å²) in [4.78, 5) is 4.77. The maximum Gasteiger partial charge on any atom is 0.111 e. The highest BCUT2D eigenvalue weighted by molar-refractivity contribution is 9.10. The summed E-state index contributed by atoms with van der Waals surface area (Å²) in [5.41, 5.74) is 2.27. The molecule has 2 rings (SSSR count). The maximum atomic E-state index is 5.95. The number of benzene rings is 1. The third kappa shape index (κ3) is 4.23. The molecule has 0 saturated heterocycles. The van der Waals surface area contributed by atoms with Crippen LogP contribution in [0.4, 0.5) is 0 Å². The fourth-order valence-corrected chi connectivity index (χ4v) is 3.34. The molecule has 1 atom stereocenters. The normalized spacial score (nSPS) is 13.2. The van der Waals surface area contributed by atoms with Crippen LogP contribution >= 0.6 is 27.5 Å². The van der Waals surface area contributed by atoms with Crippen LogP contribution < -0.4 is 0 Å². The molecule has 2 aromatic rings. The maximum absolute atomic E-state index is 5.95. The second-order valence-electron chi connectivity index (χ2n) is 6.14. The van der Waals surface area contributed by atoms with Gasteiger partial charge in [-0.25, -0.2) is 4.98 Å². The van der Waals surface area contributed by atoms with E-state index in [9.17, 15) is 0 Å². The van der Waals surface area contributed by atoms with Crippen LogP contribution in [-0.2, 0) is 6.42 Å². The minimum Gasteiger partial charge on any atom is -0.325 e. The Labute approximate surface area is 141 Å². The van der Waals surface area contributed by atoms with Gasteiger partial charge in [0.1, 0.15) is 5.82 Å². The van der Waals surface area contributed by atoms with Crippen molar-refractivity contribution in [3.63, 3.8) is 0 Å². The lowest BCUT2D eigenvalue weighted by Crippen LogP contribution is -2.10. The fraction of sp³-hybridized carbons (Fsp3) is 0.588. The van der Waals surface area contributed by atoms with Crippen molar-refractivity contribution in [1.29, 1.82) is 0 Å². The number of nitrogens with zero attached hydrogens (tertiary/aromatic N) is 2. The van der Waals surface area contributed by atoms with E-state index in [-0.39, 0.29) is 0 Å². The van der Waals surface area contributed by atoms with Crippen LogP contribution in [0.2, 0.25) is 0 Å². The first-order valence-corrected chi connectivity index (χ1v) is 9.08. The molecule has 0 bridgehead atoms. The number of hydrogen-bond acceptors (Lipinski definition) is 1. The quantitative estimate of drug-likeness (QED) is 0.548. The summed E-state index contributed by atoms with van der Waals surface area (Å²) in [6, 6.07) is 6.75. The smallest absolute Gasteiger partial charge is 0.111 e. The lowest BCUT2D eigenvalue weighted by Gasteiger charge is -2.18. The van der Waals surface area contributed by atoms with Gasteiger partial charge in [0.2, 0.25) is 0 Å². The van der Waals surface area contributed by atoms with Crippen molar-refractivity contribution in [3.8, 4) is 0 Å². The molecule has 0 amide bonds. The van der Waals surface area contributed by atoms with Gasteiger partial charge in [0.25, 0.3) is 0 Å². The van der Waals surface area contributed by atoms with Crippen LogP contribution in [-0.4, -0.2) is 15.4 Å². The number of imidazole rings is 1. The molecule has 4 heteroatoms. The zero-order chi connectivity index (χ0) is 15.4. The minimum absolute atomic E-state index is 0.460. The number of aryl methyl sites for hydroxylation is 1. The molecule has 2 nitrogen and oxygen atoms in total. The van der Waals surface area contributed by atoms with Crippen LogP contribution in [0.15, 0.2) is 22.7 Å². The first-order chi connectivity index (χ1) is 10.0. The zero-order valence-corrected chi connectivity index (χ0v) is 15.4. The van der Waals surface area contributed by atoms with Crippen LogP contribution in [0.5, 0.6) is 0 Å². The molecule has 0 aliphatic heterocycles. The number of hydrogen-bond donors (Lipinski definition) is 0. The average molecular weight is 372 g/mol. The molecule has 0 aliphatic carbocycles. The molecule has 0 saturated carbocycles. The largest absolute Gasteiger partial charge is 0.325 e. The van der Waals surface area contributed by atoms with Crippen molar-refractivity contribution in [2.24, 2.45) is 5.92 Å². The van der Waals surface area contributed by atoms with Gasteiger partial charge in [-0.05, 0) is 37.5 Å². The topological polar surface area (TPSA) is 17.8 Å². The molecule has 1 aromatic carbocycles. The number of rotatable bonds is 7. The lowest BCUT2D eigenvalue weighted by atomic mass is 10.0. The predicted molar refractivity (Wildman–Crippen MR) is 95.3 cm³/mol. The first-order valence-electron chi connectivity index (χ1n) is 7.75. The standard InChI is InChI=1S/C17H24BrClN2/c1-12(2)5-4-6-13(3)21-16-11-14(18)7-8-15(16)20-17(21)9-10-19/h7-8,11-13H,4-6,9-10H2,1-3H3. The van der Waals surface area contributed by atoms with Crippen LogP contribution in [0, 0.1) is 5.92 Å². The van der Waals surface area contributed by atoms with E-state index in [1.54, 1.807) is 0 Å². The summed E-state index contributed by atoms with van der Waals surface area (Å²) in [5, 5.41) is 0. The fourth-order valence-electron chi connectivity index (χ4n) is 2.82. The van der Waals surface area contributed by atoms with Crippen molar-refractivity contribution in [2.75, 3.05) is 5.88 Å². The van der Waals surface area contributed by atoms with Crippen molar-refractivity contribution in [3.05, 3.63) is 28.5 Å². The third-order valence-corrected chi connectivity index (χ3v) is 4.57. The molecular formula is C17H24BrClN2. The Kier molecular flexibility index (Phi) is 6.12. The molecule has 0 fully saturated rings. The highest BCUT2D eigenvalue weighted by atomic mass is 79.9. The summed E-state index contributed by atoms with van der Waals surface area (Å²) in [7, 11) is 0. The molecular weight excluding hydrogens is 348 g/mol. The van der Waals surface area contributed by atoms with E-state index in [1.165, 1.54) is 24.8 Å². The second kappa shape index (κ2) is 7.64. The molecule has 0 spiro atoms. The van der Waals surface area contributed by atoms with E-state index < -0.39 is 0 Å². The van der Waals surface area contributed by atoms with Crippen LogP contribution in [0.3, 0.4) is 0 Å². The molecule has 0 radical (unpaired) electrons. The van der Waals surface area contributed by atoms with E-state index in [2.05, 4.69) is 53.4 Å². The minimum atomic E-state index is 0.460. The molecule has 0 aliphatic rings. The van der Waals surface area contributed by atoms with Gasteiger partial charge >= 0.3 is 0 Å². The van der Waals surface area contributed by atoms with E-state index in [0.29, 0.717) is 11.9 Å². The molecule has 1 unspecified atom stereocenters. The van der Waals surface area contributed by atoms with Gasteiger partial charge in [-0.1, -0.05) is 42.6 Å². The summed E-state index contributed by atoms with van der Waals surface area (Å²) in [6.07, 6.45) is 4.55. The molecule has 1 heterocycles. The first kappa shape index (κ1) is 16.8. The molecule has 116 valence electrons. The van der Waals surface area contributed by atoms with Crippen molar-refractivity contribution >= 4 is 38.6 Å². The van der Waals surface area contributed by atoms with Crippen LogP contribution in [0.25, 0.3) is 11.0 Å². The number of fused-ring (bicyclic) bond motifs is 1. The number of alkyl halides is 1. The van der Waals surface area contributed by atoms with Crippen molar-refractivity contribution in [1.82, 2.24) is 9.55 Å². The Balaban J connectivity index is 2.30. The van der Waals surface area contributed by atoms with Gasteiger partial charge in [-0.3, -0.25) is 0 Å². The number of aromatic nitrogens is 2. The van der Waals surface area contributed by atoms with Gasteiger partial charge < -0.3 is 4.57 Å².